The molecule has 1 aromatic carbocycles. The third-order valence-electron chi connectivity index (χ3n) is 3.41. The van der Waals surface area contributed by atoms with Crippen molar-refractivity contribution in [1.82, 2.24) is 4.98 Å². The maximum absolute atomic E-state index is 12.4. The van der Waals surface area contributed by atoms with Crippen LogP contribution in [0.5, 0.6) is 0 Å². The number of hydrogen-bond acceptors (Lipinski definition) is 4. The van der Waals surface area contributed by atoms with Crippen LogP contribution in [0, 0.1) is 0 Å². The molecule has 4 aromatic rings. The molecule has 2 nitrogen and oxygen atoms in total. The van der Waals surface area contributed by atoms with Gasteiger partial charge in [0.25, 0.3) is 0 Å². The summed E-state index contributed by atoms with van der Waals surface area (Å²) in [7, 11) is 0. The third-order valence-corrected chi connectivity index (χ3v) is 5.55. The van der Waals surface area contributed by atoms with Gasteiger partial charge in [-0.3, -0.25) is 9.78 Å². The summed E-state index contributed by atoms with van der Waals surface area (Å²) in [6.07, 6.45) is 0.360. The van der Waals surface area contributed by atoms with Gasteiger partial charge in [0.1, 0.15) is 0 Å². The lowest BCUT2D eigenvalue weighted by Crippen LogP contribution is -2.03. The van der Waals surface area contributed by atoms with Crippen LogP contribution in [0.25, 0.3) is 20.3 Å². The van der Waals surface area contributed by atoms with E-state index in [2.05, 4.69) is 16.4 Å². The van der Waals surface area contributed by atoms with E-state index in [9.17, 15) is 4.79 Å². The minimum Gasteiger partial charge on any atom is -0.293 e. The highest BCUT2D eigenvalue weighted by Gasteiger charge is 2.12. The zero-order chi connectivity index (χ0) is 14.2. The second-order valence-electron chi connectivity index (χ2n) is 4.85. The normalized spacial score (nSPS) is 11.2. The summed E-state index contributed by atoms with van der Waals surface area (Å²) in [5.41, 5.74) is 1.77. The first-order chi connectivity index (χ1) is 10.3. The highest BCUT2D eigenvalue weighted by molar-refractivity contribution is 7.27. The number of pyridine rings is 1. The van der Waals surface area contributed by atoms with Crippen molar-refractivity contribution in [2.45, 2.75) is 6.42 Å². The molecule has 0 aliphatic rings. The highest BCUT2D eigenvalue weighted by Crippen LogP contribution is 2.30. The molecule has 102 valence electrons. The zero-order valence-electron chi connectivity index (χ0n) is 11.1. The maximum atomic E-state index is 12.4. The fourth-order valence-electron chi connectivity index (χ4n) is 2.36. The van der Waals surface area contributed by atoms with Crippen molar-refractivity contribution in [2.75, 3.05) is 0 Å². The fraction of sp³-hybridized carbons (Fsp3) is 0.0588. The zero-order valence-corrected chi connectivity index (χ0v) is 12.7. The van der Waals surface area contributed by atoms with Gasteiger partial charge in [-0.2, -0.15) is 0 Å². The van der Waals surface area contributed by atoms with E-state index in [4.69, 9.17) is 0 Å². The second kappa shape index (κ2) is 5.06. The lowest BCUT2D eigenvalue weighted by molar-refractivity contribution is 0.0996. The summed E-state index contributed by atoms with van der Waals surface area (Å²) in [6, 6.07) is 16.0. The van der Waals surface area contributed by atoms with Gasteiger partial charge in [-0.1, -0.05) is 24.3 Å². The predicted octanol–water partition coefficient (Wildman–Crippen LogP) is 4.94. The molecular formula is C17H11NOS2. The first-order valence-corrected chi connectivity index (χ1v) is 8.34. The summed E-state index contributed by atoms with van der Waals surface area (Å²) in [5, 5.41) is 3.16. The second-order valence-corrected chi connectivity index (χ2v) is 6.89. The van der Waals surface area contributed by atoms with Gasteiger partial charge in [0.2, 0.25) is 0 Å². The molecular weight excluding hydrogens is 298 g/mol. The van der Waals surface area contributed by atoms with Crippen molar-refractivity contribution in [1.29, 1.82) is 0 Å². The van der Waals surface area contributed by atoms with Gasteiger partial charge in [-0.15, -0.1) is 22.7 Å². The molecule has 21 heavy (non-hydrogen) atoms. The van der Waals surface area contributed by atoms with E-state index in [0.717, 1.165) is 21.5 Å². The van der Waals surface area contributed by atoms with Crippen LogP contribution in [0.15, 0.2) is 53.9 Å². The van der Waals surface area contributed by atoms with Gasteiger partial charge in [0, 0.05) is 20.5 Å². The quantitative estimate of drug-likeness (QED) is 0.502. The third kappa shape index (κ3) is 2.37. The van der Waals surface area contributed by atoms with Crippen molar-refractivity contribution in [3.05, 3.63) is 64.5 Å². The SMILES string of the molecule is O=C(Cc1ccc2ccccc2n1)c1cc2sccc2s1. The first-order valence-electron chi connectivity index (χ1n) is 6.64. The number of carbonyl (C=O) groups excluding carboxylic acids is 1. The Hall–Kier alpha value is -2.04. The molecule has 0 amide bonds. The average molecular weight is 309 g/mol. The number of carbonyl (C=O) groups is 1. The van der Waals surface area contributed by atoms with Crippen LogP contribution in [0.1, 0.15) is 15.4 Å². The van der Waals surface area contributed by atoms with Crippen LogP contribution >= 0.6 is 22.7 Å². The molecule has 0 N–H and O–H groups in total. The Balaban J connectivity index is 1.64. The minimum absolute atomic E-state index is 0.145. The van der Waals surface area contributed by atoms with E-state index in [1.807, 2.05) is 42.5 Å². The topological polar surface area (TPSA) is 30.0 Å². The monoisotopic (exact) mass is 309 g/mol. The predicted molar refractivity (Wildman–Crippen MR) is 89.5 cm³/mol. The van der Waals surface area contributed by atoms with Crippen molar-refractivity contribution in [3.8, 4) is 0 Å². The molecule has 0 aliphatic carbocycles. The van der Waals surface area contributed by atoms with Gasteiger partial charge in [0.15, 0.2) is 5.78 Å². The Kier molecular flexibility index (Phi) is 3.05. The van der Waals surface area contributed by atoms with Gasteiger partial charge in [-0.25, -0.2) is 0 Å². The van der Waals surface area contributed by atoms with E-state index in [1.54, 1.807) is 22.7 Å². The van der Waals surface area contributed by atoms with Crippen LogP contribution in [0.2, 0.25) is 0 Å². The molecule has 4 rings (SSSR count). The Morgan fingerprint density at radius 1 is 1.05 bits per heavy atom. The van der Waals surface area contributed by atoms with Crippen molar-refractivity contribution in [3.63, 3.8) is 0 Å². The molecule has 0 radical (unpaired) electrons. The fourth-order valence-corrected chi connectivity index (χ4v) is 4.41. The molecule has 3 heterocycles. The van der Waals surface area contributed by atoms with Gasteiger partial charge < -0.3 is 0 Å². The Morgan fingerprint density at radius 2 is 1.95 bits per heavy atom. The number of rotatable bonds is 3. The number of hydrogen-bond donors (Lipinski definition) is 0. The van der Waals surface area contributed by atoms with Crippen LogP contribution < -0.4 is 0 Å². The van der Waals surface area contributed by atoms with E-state index < -0.39 is 0 Å². The molecule has 3 aromatic heterocycles. The molecule has 4 heteroatoms. The molecule has 0 fully saturated rings. The molecule has 0 atom stereocenters. The number of nitrogens with zero attached hydrogens (tertiary/aromatic N) is 1. The highest BCUT2D eigenvalue weighted by atomic mass is 32.1. The number of fused-ring (bicyclic) bond motifs is 2. The first kappa shape index (κ1) is 12.7. The summed E-state index contributed by atoms with van der Waals surface area (Å²) in [6.45, 7) is 0. The van der Waals surface area contributed by atoms with E-state index in [0.29, 0.717) is 6.42 Å². The number of para-hydroxylation sites is 1. The van der Waals surface area contributed by atoms with Crippen molar-refractivity contribution in [2.24, 2.45) is 0 Å². The van der Waals surface area contributed by atoms with Crippen molar-refractivity contribution < 1.29 is 4.79 Å². The van der Waals surface area contributed by atoms with Crippen LogP contribution in [-0.2, 0) is 6.42 Å². The molecule has 0 saturated heterocycles. The van der Waals surface area contributed by atoms with E-state index in [-0.39, 0.29) is 5.78 Å². The smallest absolute Gasteiger partial charge is 0.178 e. The molecule has 0 saturated carbocycles. The lowest BCUT2D eigenvalue weighted by atomic mass is 10.1. The molecule has 0 bridgehead atoms. The van der Waals surface area contributed by atoms with Crippen molar-refractivity contribution >= 4 is 48.8 Å². The summed E-state index contributed by atoms with van der Waals surface area (Å²) < 4.78 is 2.38. The Labute approximate surface area is 129 Å². The Morgan fingerprint density at radius 3 is 2.86 bits per heavy atom. The average Bonchev–Trinajstić information content (AvgIpc) is 3.08. The Bertz CT molecular complexity index is 923. The molecule has 0 aliphatic heterocycles. The number of ketones is 1. The largest absolute Gasteiger partial charge is 0.293 e. The molecule has 0 spiro atoms. The summed E-state index contributed by atoms with van der Waals surface area (Å²) in [5.74, 6) is 0.145. The number of Topliss-reactive ketones (excluding diaryl/α,β-unsaturated/α-hetero) is 1. The van der Waals surface area contributed by atoms with Gasteiger partial charge in [0.05, 0.1) is 16.8 Å². The lowest BCUT2D eigenvalue weighted by Gasteiger charge is -2.01. The summed E-state index contributed by atoms with van der Waals surface area (Å²) >= 11 is 3.24. The number of benzene rings is 1. The van der Waals surface area contributed by atoms with E-state index >= 15 is 0 Å². The number of aromatic nitrogens is 1. The van der Waals surface area contributed by atoms with Crippen LogP contribution in [-0.4, -0.2) is 10.8 Å². The molecule has 0 unspecified atom stereocenters. The minimum atomic E-state index is 0.145. The summed E-state index contributed by atoms with van der Waals surface area (Å²) in [4.78, 5) is 17.8. The van der Waals surface area contributed by atoms with Gasteiger partial charge in [-0.05, 0) is 29.6 Å². The standard InChI is InChI=1S/C17H11NOS2/c19-14(16-10-17-15(21-16)7-8-20-17)9-12-6-5-11-3-1-2-4-13(11)18-12/h1-8,10H,9H2. The van der Waals surface area contributed by atoms with Crippen LogP contribution in [0.3, 0.4) is 0 Å². The number of thiophene rings is 2. The van der Waals surface area contributed by atoms with Crippen LogP contribution in [0.4, 0.5) is 0 Å². The van der Waals surface area contributed by atoms with Gasteiger partial charge >= 0.3 is 0 Å². The van der Waals surface area contributed by atoms with E-state index in [1.165, 1.54) is 9.40 Å². The maximum Gasteiger partial charge on any atom is 0.178 e.